The van der Waals surface area contributed by atoms with Gasteiger partial charge < -0.3 is 14.7 Å². The summed E-state index contributed by atoms with van der Waals surface area (Å²) in [5.74, 6) is 0.807. The zero-order chi connectivity index (χ0) is 19.3. The lowest BCUT2D eigenvalue weighted by atomic mass is 10.2. The van der Waals surface area contributed by atoms with Crippen LogP contribution in [0.1, 0.15) is 25.2 Å². The number of aryl methyl sites for hydroxylation is 1. The molecule has 2 aromatic carbocycles. The predicted octanol–water partition coefficient (Wildman–Crippen LogP) is 4.56. The molecule has 6 nitrogen and oxygen atoms in total. The van der Waals surface area contributed by atoms with E-state index in [2.05, 4.69) is 32.5 Å². The molecule has 2 heterocycles. The molecule has 0 bridgehead atoms. The van der Waals surface area contributed by atoms with E-state index in [1.54, 1.807) is 12.1 Å². The van der Waals surface area contributed by atoms with E-state index in [9.17, 15) is 4.79 Å². The highest BCUT2D eigenvalue weighted by Crippen LogP contribution is 2.23. The van der Waals surface area contributed by atoms with Crippen LogP contribution in [0, 0.1) is 0 Å². The van der Waals surface area contributed by atoms with E-state index >= 15 is 0 Å². The Balaban J connectivity index is 1.30. The van der Waals surface area contributed by atoms with Crippen molar-refractivity contribution in [3.8, 4) is 11.4 Å². The number of carbonyl (C=O) groups excluding carboxylic acids is 1. The molecule has 1 aliphatic rings. The van der Waals surface area contributed by atoms with Crippen molar-refractivity contribution in [3.05, 3.63) is 59.4 Å². The monoisotopic (exact) mass is 396 g/mol. The number of halogens is 1. The molecule has 0 unspecified atom stereocenters. The molecule has 3 aromatic rings. The Kier molecular flexibility index (Phi) is 5.58. The fourth-order valence-electron chi connectivity index (χ4n) is 3.28. The van der Waals surface area contributed by atoms with Crippen molar-refractivity contribution in [1.29, 1.82) is 0 Å². The minimum absolute atomic E-state index is 0.0866. The van der Waals surface area contributed by atoms with Crippen LogP contribution in [0.2, 0.25) is 5.02 Å². The van der Waals surface area contributed by atoms with Gasteiger partial charge in [0.25, 0.3) is 0 Å². The number of rotatable bonds is 6. The van der Waals surface area contributed by atoms with Crippen molar-refractivity contribution < 1.29 is 9.32 Å². The zero-order valence-corrected chi connectivity index (χ0v) is 16.2. The summed E-state index contributed by atoms with van der Waals surface area (Å²) in [6.07, 6.45) is 3.14. The number of anilines is 2. The van der Waals surface area contributed by atoms with Gasteiger partial charge in [0.1, 0.15) is 0 Å². The molecular formula is C21H21ClN4O2. The largest absolute Gasteiger partial charge is 0.372 e. The van der Waals surface area contributed by atoms with Crippen molar-refractivity contribution in [1.82, 2.24) is 10.1 Å². The van der Waals surface area contributed by atoms with Crippen LogP contribution >= 0.6 is 11.6 Å². The highest BCUT2D eigenvalue weighted by atomic mass is 35.5. The van der Waals surface area contributed by atoms with E-state index in [4.69, 9.17) is 16.1 Å². The lowest BCUT2D eigenvalue weighted by Gasteiger charge is -2.17. The summed E-state index contributed by atoms with van der Waals surface area (Å²) in [7, 11) is 0. The molecule has 0 aliphatic carbocycles. The first-order chi connectivity index (χ1) is 13.7. The first kappa shape index (κ1) is 18.5. The third-order valence-corrected chi connectivity index (χ3v) is 4.97. The average molecular weight is 397 g/mol. The van der Waals surface area contributed by atoms with Gasteiger partial charge in [0.05, 0.1) is 0 Å². The summed E-state index contributed by atoms with van der Waals surface area (Å²) >= 11 is 5.99. The summed E-state index contributed by atoms with van der Waals surface area (Å²) in [6, 6.07) is 15.2. The number of nitrogens with zero attached hydrogens (tertiary/aromatic N) is 3. The van der Waals surface area contributed by atoms with Crippen LogP contribution in [0.5, 0.6) is 0 Å². The van der Waals surface area contributed by atoms with Crippen molar-refractivity contribution in [2.24, 2.45) is 0 Å². The van der Waals surface area contributed by atoms with Gasteiger partial charge in [0.2, 0.25) is 17.6 Å². The molecule has 1 amide bonds. The molecule has 1 saturated heterocycles. The van der Waals surface area contributed by atoms with E-state index in [1.807, 2.05) is 24.3 Å². The van der Waals surface area contributed by atoms with Crippen molar-refractivity contribution in [2.45, 2.75) is 25.7 Å². The van der Waals surface area contributed by atoms with Gasteiger partial charge in [-0.25, -0.2) is 0 Å². The third-order valence-electron chi connectivity index (χ3n) is 4.74. The van der Waals surface area contributed by atoms with Gasteiger partial charge in [0.15, 0.2) is 0 Å². The van der Waals surface area contributed by atoms with Gasteiger partial charge in [-0.3, -0.25) is 4.79 Å². The van der Waals surface area contributed by atoms with Crippen LogP contribution in [0.25, 0.3) is 11.4 Å². The Bertz CT molecular complexity index is 949. The second-order valence-corrected chi connectivity index (χ2v) is 7.25. The third kappa shape index (κ3) is 4.51. The summed E-state index contributed by atoms with van der Waals surface area (Å²) in [5, 5.41) is 7.48. The zero-order valence-electron chi connectivity index (χ0n) is 15.4. The standard InChI is InChI=1S/C21H21ClN4O2/c22-16-5-3-4-15(14-16)21-24-20(28-25-21)11-10-19(27)23-17-6-8-18(9-7-17)26-12-1-2-13-26/h3-9,14H,1-2,10-13H2,(H,23,27). The highest BCUT2D eigenvalue weighted by molar-refractivity contribution is 6.30. The molecule has 0 radical (unpaired) electrons. The molecule has 0 spiro atoms. The molecule has 1 N–H and O–H groups in total. The van der Waals surface area contributed by atoms with Gasteiger partial charge >= 0.3 is 0 Å². The molecule has 1 aliphatic heterocycles. The minimum atomic E-state index is -0.0866. The summed E-state index contributed by atoms with van der Waals surface area (Å²) in [4.78, 5) is 18.9. The molecule has 0 atom stereocenters. The van der Waals surface area contributed by atoms with E-state index in [1.165, 1.54) is 18.5 Å². The number of aromatic nitrogens is 2. The normalized spacial score (nSPS) is 13.7. The molecule has 144 valence electrons. The first-order valence-corrected chi connectivity index (χ1v) is 9.78. The topological polar surface area (TPSA) is 71.3 Å². The Hall–Kier alpha value is -2.86. The average Bonchev–Trinajstić information content (AvgIpc) is 3.39. The summed E-state index contributed by atoms with van der Waals surface area (Å²) in [6.45, 7) is 2.21. The summed E-state index contributed by atoms with van der Waals surface area (Å²) in [5.41, 5.74) is 2.78. The van der Waals surface area contributed by atoms with E-state index in [0.717, 1.165) is 24.3 Å². The van der Waals surface area contributed by atoms with Gasteiger partial charge in [-0.1, -0.05) is 28.9 Å². The molecule has 4 rings (SSSR count). The van der Waals surface area contributed by atoms with Crippen LogP contribution in [0.15, 0.2) is 53.1 Å². The van der Waals surface area contributed by atoms with Crippen molar-refractivity contribution in [2.75, 3.05) is 23.3 Å². The molecule has 1 aromatic heterocycles. The Morgan fingerprint density at radius 3 is 2.68 bits per heavy atom. The number of amides is 1. The highest BCUT2D eigenvalue weighted by Gasteiger charge is 2.13. The maximum Gasteiger partial charge on any atom is 0.227 e. The number of hydrogen-bond donors (Lipinski definition) is 1. The molecule has 28 heavy (non-hydrogen) atoms. The van der Waals surface area contributed by atoms with Crippen molar-refractivity contribution in [3.63, 3.8) is 0 Å². The van der Waals surface area contributed by atoms with E-state index < -0.39 is 0 Å². The maximum absolute atomic E-state index is 12.2. The predicted molar refractivity (Wildman–Crippen MR) is 110 cm³/mol. The van der Waals surface area contributed by atoms with Crippen molar-refractivity contribution >= 4 is 28.9 Å². The Morgan fingerprint density at radius 1 is 1.14 bits per heavy atom. The number of hydrogen-bond acceptors (Lipinski definition) is 5. The van der Waals surface area contributed by atoms with Crippen LogP contribution in [-0.2, 0) is 11.2 Å². The summed E-state index contributed by atoms with van der Waals surface area (Å²) < 4.78 is 5.24. The van der Waals surface area contributed by atoms with Gasteiger partial charge in [-0.2, -0.15) is 4.98 Å². The fourth-order valence-corrected chi connectivity index (χ4v) is 3.47. The SMILES string of the molecule is O=C(CCc1nc(-c2cccc(Cl)c2)no1)Nc1ccc(N2CCCC2)cc1. The number of carbonyl (C=O) groups is 1. The lowest BCUT2D eigenvalue weighted by Crippen LogP contribution is -2.17. The number of nitrogens with one attached hydrogen (secondary N) is 1. The Morgan fingerprint density at radius 2 is 1.93 bits per heavy atom. The minimum Gasteiger partial charge on any atom is -0.372 e. The molecular weight excluding hydrogens is 376 g/mol. The molecule has 7 heteroatoms. The molecule has 0 saturated carbocycles. The van der Waals surface area contributed by atoms with E-state index in [-0.39, 0.29) is 12.3 Å². The van der Waals surface area contributed by atoms with Crippen LogP contribution in [-0.4, -0.2) is 29.1 Å². The van der Waals surface area contributed by atoms with Gasteiger partial charge in [-0.05, 0) is 49.2 Å². The second-order valence-electron chi connectivity index (χ2n) is 6.81. The van der Waals surface area contributed by atoms with Crippen LogP contribution in [0.4, 0.5) is 11.4 Å². The van der Waals surface area contributed by atoms with Gasteiger partial charge in [-0.15, -0.1) is 0 Å². The fraction of sp³-hybridized carbons (Fsp3) is 0.286. The van der Waals surface area contributed by atoms with Crippen LogP contribution < -0.4 is 10.2 Å². The van der Waals surface area contributed by atoms with Gasteiger partial charge in [0, 0.05) is 47.9 Å². The first-order valence-electron chi connectivity index (χ1n) is 9.41. The maximum atomic E-state index is 12.2. The van der Waals surface area contributed by atoms with E-state index in [0.29, 0.717) is 23.2 Å². The van der Waals surface area contributed by atoms with Crippen LogP contribution in [0.3, 0.4) is 0 Å². The number of benzene rings is 2. The molecule has 1 fully saturated rings. The lowest BCUT2D eigenvalue weighted by molar-refractivity contribution is -0.116. The Labute approximate surface area is 168 Å². The second kappa shape index (κ2) is 8.44. The smallest absolute Gasteiger partial charge is 0.227 e. The quantitative estimate of drug-likeness (QED) is 0.661.